The number of allylic oxidation sites excluding steroid dienone is 2. The van der Waals surface area contributed by atoms with Gasteiger partial charge in [-0.1, -0.05) is 36.4 Å². The summed E-state index contributed by atoms with van der Waals surface area (Å²) in [5.41, 5.74) is -3.39. The standard InChI is InChI=1S/C25H18F6O2S2/c1-32-11-17-19(13-7-3-5-9-15(13)34-17)21-22(24(28,29)25(30,31)23(21,26)27)20-14-8-4-6-10-16(14)35-18(20)12-33-2/h3-10H,11-12H2,1-2H3. The molecule has 184 valence electrons. The highest BCUT2D eigenvalue weighted by Crippen LogP contribution is 2.67. The van der Waals surface area contributed by atoms with Crippen LogP contribution in [0, 0.1) is 0 Å². The van der Waals surface area contributed by atoms with Gasteiger partial charge in [0.15, 0.2) is 0 Å². The summed E-state index contributed by atoms with van der Waals surface area (Å²) in [6.07, 6.45) is 0. The fourth-order valence-electron chi connectivity index (χ4n) is 4.60. The Labute approximate surface area is 204 Å². The van der Waals surface area contributed by atoms with Gasteiger partial charge >= 0.3 is 17.8 Å². The minimum atomic E-state index is -5.65. The molecule has 4 aromatic rings. The van der Waals surface area contributed by atoms with Gasteiger partial charge in [-0.3, -0.25) is 0 Å². The van der Waals surface area contributed by atoms with Crippen molar-refractivity contribution in [2.45, 2.75) is 31.0 Å². The number of hydrogen-bond donors (Lipinski definition) is 0. The second kappa shape index (κ2) is 8.33. The number of rotatable bonds is 6. The van der Waals surface area contributed by atoms with Crippen LogP contribution in [0.15, 0.2) is 48.5 Å². The van der Waals surface area contributed by atoms with Gasteiger partial charge in [0.25, 0.3) is 0 Å². The molecular formula is C25H18F6O2S2. The van der Waals surface area contributed by atoms with Crippen LogP contribution in [-0.2, 0) is 22.7 Å². The Kier molecular flexibility index (Phi) is 5.78. The number of alkyl halides is 6. The highest BCUT2D eigenvalue weighted by atomic mass is 32.1. The van der Waals surface area contributed by atoms with Crippen molar-refractivity contribution in [3.63, 3.8) is 0 Å². The van der Waals surface area contributed by atoms with Gasteiger partial charge in [0, 0.05) is 66.4 Å². The summed E-state index contributed by atoms with van der Waals surface area (Å²) in [6, 6.07) is 12.6. The fourth-order valence-corrected chi connectivity index (χ4v) is 6.96. The topological polar surface area (TPSA) is 18.5 Å². The fraction of sp³-hybridized carbons (Fsp3) is 0.280. The van der Waals surface area contributed by atoms with Gasteiger partial charge < -0.3 is 9.47 Å². The molecule has 2 heterocycles. The molecule has 2 aromatic heterocycles. The maximum Gasteiger partial charge on any atom is 0.380 e. The molecule has 0 spiro atoms. The van der Waals surface area contributed by atoms with Gasteiger partial charge in [0.1, 0.15) is 0 Å². The lowest BCUT2D eigenvalue weighted by molar-refractivity contribution is -0.254. The predicted molar refractivity (Wildman–Crippen MR) is 127 cm³/mol. The van der Waals surface area contributed by atoms with Gasteiger partial charge in [-0.25, -0.2) is 0 Å². The Balaban J connectivity index is 1.99. The van der Waals surface area contributed by atoms with Crippen molar-refractivity contribution in [2.24, 2.45) is 0 Å². The molecule has 0 atom stereocenters. The average Bonchev–Trinajstić information content (AvgIpc) is 3.37. The Hall–Kier alpha value is -2.40. The Morgan fingerprint density at radius 3 is 1.37 bits per heavy atom. The first-order valence-electron chi connectivity index (χ1n) is 10.5. The lowest BCUT2D eigenvalue weighted by Crippen LogP contribution is -2.49. The first kappa shape index (κ1) is 24.3. The van der Waals surface area contributed by atoms with Gasteiger partial charge in [-0.2, -0.15) is 26.3 Å². The summed E-state index contributed by atoms with van der Waals surface area (Å²) in [5, 5.41) is 0.385. The normalized spacial score (nSPS) is 18.7. The van der Waals surface area contributed by atoms with Crippen molar-refractivity contribution in [2.75, 3.05) is 14.2 Å². The van der Waals surface area contributed by atoms with E-state index in [1.807, 2.05) is 0 Å². The molecule has 0 amide bonds. The van der Waals surface area contributed by atoms with E-state index in [1.165, 1.54) is 26.4 Å². The van der Waals surface area contributed by atoms with Crippen LogP contribution in [0.3, 0.4) is 0 Å². The second-order valence-corrected chi connectivity index (χ2v) is 10.4. The molecule has 0 aliphatic heterocycles. The van der Waals surface area contributed by atoms with E-state index in [-0.39, 0.29) is 44.9 Å². The maximum absolute atomic E-state index is 15.6. The molecule has 0 saturated carbocycles. The third-order valence-corrected chi connectivity index (χ3v) is 8.34. The highest BCUT2D eigenvalue weighted by molar-refractivity contribution is 7.19. The molecule has 0 N–H and O–H groups in total. The molecule has 10 heteroatoms. The van der Waals surface area contributed by atoms with Crippen molar-refractivity contribution in [3.05, 3.63) is 69.4 Å². The zero-order valence-corrected chi connectivity index (χ0v) is 20.1. The molecule has 0 saturated heterocycles. The zero-order valence-electron chi connectivity index (χ0n) is 18.4. The van der Waals surface area contributed by atoms with Gasteiger partial charge in [0.2, 0.25) is 0 Å². The predicted octanol–water partition coefficient (Wildman–Crippen LogP) is 8.24. The largest absolute Gasteiger partial charge is 0.380 e. The molecule has 0 unspecified atom stereocenters. The molecule has 5 rings (SSSR count). The number of halogens is 6. The quantitative estimate of drug-likeness (QED) is 0.235. The summed E-state index contributed by atoms with van der Waals surface area (Å²) >= 11 is 2.10. The molecule has 0 fully saturated rings. The SMILES string of the molecule is COCc1sc2ccccc2c1C1=C(c2c(COC)sc3ccccc23)C(F)(F)C(F)(F)C1(F)F. The summed E-state index contributed by atoms with van der Waals surface area (Å²) in [7, 11) is 2.64. The molecule has 0 bridgehead atoms. The van der Waals surface area contributed by atoms with E-state index >= 15 is 26.3 Å². The molecule has 0 radical (unpaired) electrons. The minimum absolute atomic E-state index is 0.169. The lowest BCUT2D eigenvalue weighted by Gasteiger charge is -2.26. The minimum Gasteiger partial charge on any atom is -0.379 e. The molecule has 1 aliphatic rings. The number of benzene rings is 2. The summed E-state index contributed by atoms with van der Waals surface area (Å²) < 4.78 is 104. The van der Waals surface area contributed by atoms with Crippen molar-refractivity contribution >= 4 is 54.0 Å². The van der Waals surface area contributed by atoms with Gasteiger partial charge in [-0.05, 0) is 12.1 Å². The highest BCUT2D eigenvalue weighted by Gasteiger charge is 2.80. The van der Waals surface area contributed by atoms with Gasteiger partial charge in [0.05, 0.1) is 13.2 Å². The third-order valence-electron chi connectivity index (χ3n) is 6.05. The van der Waals surface area contributed by atoms with Crippen molar-refractivity contribution in [3.8, 4) is 0 Å². The van der Waals surface area contributed by atoms with Crippen LogP contribution in [0.4, 0.5) is 26.3 Å². The number of methoxy groups -OCH3 is 2. The van der Waals surface area contributed by atoms with Crippen LogP contribution in [0.5, 0.6) is 0 Å². The van der Waals surface area contributed by atoms with Crippen LogP contribution < -0.4 is 0 Å². The monoisotopic (exact) mass is 528 g/mol. The van der Waals surface area contributed by atoms with Crippen LogP contribution in [0.1, 0.15) is 20.9 Å². The maximum atomic E-state index is 15.6. The average molecular weight is 529 g/mol. The van der Waals surface area contributed by atoms with E-state index in [2.05, 4.69) is 0 Å². The number of hydrogen-bond acceptors (Lipinski definition) is 4. The Morgan fingerprint density at radius 1 is 0.629 bits per heavy atom. The van der Waals surface area contributed by atoms with E-state index < -0.39 is 28.9 Å². The van der Waals surface area contributed by atoms with E-state index in [0.29, 0.717) is 9.40 Å². The van der Waals surface area contributed by atoms with Crippen molar-refractivity contribution in [1.82, 2.24) is 0 Å². The molecule has 35 heavy (non-hydrogen) atoms. The zero-order chi connectivity index (χ0) is 25.2. The number of thiophene rings is 2. The first-order chi connectivity index (χ1) is 16.6. The second-order valence-electron chi connectivity index (χ2n) is 8.13. The van der Waals surface area contributed by atoms with Crippen LogP contribution in [0.2, 0.25) is 0 Å². The Bertz CT molecular complexity index is 1360. The summed E-state index contributed by atoms with van der Waals surface area (Å²) in [5.74, 6) is -15.9. The lowest BCUT2D eigenvalue weighted by atomic mass is 9.91. The Morgan fingerprint density at radius 2 is 1.00 bits per heavy atom. The summed E-state index contributed by atoms with van der Waals surface area (Å²) in [6.45, 7) is -0.401. The van der Waals surface area contributed by atoms with Crippen LogP contribution in [0.25, 0.3) is 31.3 Å². The third kappa shape index (κ3) is 3.30. The summed E-state index contributed by atoms with van der Waals surface area (Å²) in [4.78, 5) is 0.337. The van der Waals surface area contributed by atoms with Crippen LogP contribution in [-0.4, -0.2) is 32.0 Å². The number of ether oxygens (including phenoxy) is 2. The van der Waals surface area contributed by atoms with E-state index in [9.17, 15) is 0 Å². The first-order valence-corrected chi connectivity index (χ1v) is 12.1. The number of fused-ring (bicyclic) bond motifs is 2. The smallest absolute Gasteiger partial charge is 0.379 e. The van der Waals surface area contributed by atoms with Crippen molar-refractivity contribution < 1.29 is 35.8 Å². The van der Waals surface area contributed by atoms with Crippen molar-refractivity contribution in [1.29, 1.82) is 0 Å². The van der Waals surface area contributed by atoms with Gasteiger partial charge in [-0.15, -0.1) is 22.7 Å². The molecule has 2 aromatic carbocycles. The molecule has 1 aliphatic carbocycles. The van der Waals surface area contributed by atoms with E-state index in [4.69, 9.17) is 9.47 Å². The van der Waals surface area contributed by atoms with E-state index in [0.717, 1.165) is 22.7 Å². The molecular weight excluding hydrogens is 510 g/mol. The van der Waals surface area contributed by atoms with E-state index in [1.54, 1.807) is 36.4 Å². The van der Waals surface area contributed by atoms with Crippen LogP contribution >= 0.6 is 22.7 Å². The molecule has 2 nitrogen and oxygen atoms in total.